The molecular weight excluding hydrogens is 562 g/mol. The third kappa shape index (κ3) is 5.49. The van der Waals surface area contributed by atoms with Crippen LogP contribution < -0.4 is 10.0 Å². The molecule has 10 nitrogen and oxygen atoms in total. The SMILES string of the molecule is CCNCc1cncc(-c2ccc3[nH]nc(-c4nc5c(-c6cc(F)cc(CNS(C)(=O)=O)c6)nccc5[nH]4)c3c2F)c1. The lowest BCUT2D eigenvalue weighted by Gasteiger charge is -2.08. The van der Waals surface area contributed by atoms with E-state index < -0.39 is 21.7 Å². The number of imidazole rings is 1. The molecule has 6 aromatic rings. The molecule has 0 saturated carbocycles. The van der Waals surface area contributed by atoms with E-state index in [4.69, 9.17) is 4.98 Å². The van der Waals surface area contributed by atoms with Crippen LogP contribution in [0.2, 0.25) is 0 Å². The van der Waals surface area contributed by atoms with Crippen molar-refractivity contribution in [3.05, 3.63) is 83.8 Å². The van der Waals surface area contributed by atoms with Crippen molar-refractivity contribution in [2.24, 2.45) is 0 Å². The van der Waals surface area contributed by atoms with Gasteiger partial charge in [0.15, 0.2) is 5.82 Å². The van der Waals surface area contributed by atoms with Crippen LogP contribution in [-0.2, 0) is 23.1 Å². The number of halogens is 2. The smallest absolute Gasteiger partial charge is 0.209 e. The van der Waals surface area contributed by atoms with Gasteiger partial charge in [-0.1, -0.05) is 6.92 Å². The van der Waals surface area contributed by atoms with E-state index in [1.165, 1.54) is 12.1 Å². The maximum Gasteiger partial charge on any atom is 0.209 e. The Kier molecular flexibility index (Phi) is 7.22. The van der Waals surface area contributed by atoms with Gasteiger partial charge in [-0.3, -0.25) is 15.1 Å². The highest BCUT2D eigenvalue weighted by Crippen LogP contribution is 2.35. The van der Waals surface area contributed by atoms with Crippen molar-refractivity contribution in [2.45, 2.75) is 20.0 Å². The Hall–Kier alpha value is -4.59. The van der Waals surface area contributed by atoms with Crippen LogP contribution in [0.25, 0.3) is 55.8 Å². The molecule has 0 radical (unpaired) electrons. The van der Waals surface area contributed by atoms with Gasteiger partial charge in [0.25, 0.3) is 0 Å². The Labute approximate surface area is 239 Å². The third-order valence-electron chi connectivity index (χ3n) is 6.75. The monoisotopic (exact) mass is 588 g/mol. The number of aromatic nitrogens is 6. The minimum absolute atomic E-state index is 0.0835. The lowest BCUT2D eigenvalue weighted by molar-refractivity contribution is 0.586. The number of sulfonamides is 1. The summed E-state index contributed by atoms with van der Waals surface area (Å²) in [4.78, 5) is 16.6. The van der Waals surface area contributed by atoms with E-state index in [0.29, 0.717) is 56.9 Å². The molecular formula is C29H26F2N8O2S. The van der Waals surface area contributed by atoms with Crippen LogP contribution in [-0.4, -0.2) is 51.4 Å². The fourth-order valence-corrected chi connectivity index (χ4v) is 5.26. The number of hydrogen-bond acceptors (Lipinski definition) is 7. The van der Waals surface area contributed by atoms with Crippen molar-refractivity contribution in [1.82, 2.24) is 40.2 Å². The summed E-state index contributed by atoms with van der Waals surface area (Å²) in [5, 5.41) is 10.8. The average molecular weight is 589 g/mol. The third-order valence-corrected chi connectivity index (χ3v) is 7.42. The first-order valence-electron chi connectivity index (χ1n) is 13.1. The quantitative estimate of drug-likeness (QED) is 0.192. The molecule has 214 valence electrons. The number of benzene rings is 2. The summed E-state index contributed by atoms with van der Waals surface area (Å²) in [5.41, 5.74) is 4.94. The van der Waals surface area contributed by atoms with Crippen LogP contribution in [0.3, 0.4) is 0 Å². The zero-order valence-electron chi connectivity index (χ0n) is 22.7. The number of H-pyrrole nitrogens is 2. The zero-order valence-corrected chi connectivity index (χ0v) is 23.5. The highest BCUT2D eigenvalue weighted by molar-refractivity contribution is 7.88. The van der Waals surface area contributed by atoms with E-state index in [1.807, 2.05) is 13.0 Å². The van der Waals surface area contributed by atoms with Crippen molar-refractivity contribution in [3.63, 3.8) is 0 Å². The molecule has 0 bridgehead atoms. The van der Waals surface area contributed by atoms with Crippen LogP contribution in [0.4, 0.5) is 8.78 Å². The Balaban J connectivity index is 1.42. The van der Waals surface area contributed by atoms with E-state index in [9.17, 15) is 12.8 Å². The zero-order chi connectivity index (χ0) is 29.4. The number of hydrogen-bond donors (Lipinski definition) is 4. The molecule has 2 aromatic carbocycles. The van der Waals surface area contributed by atoms with Crippen LogP contribution in [0.5, 0.6) is 0 Å². The first-order chi connectivity index (χ1) is 20.2. The van der Waals surface area contributed by atoms with Gasteiger partial charge in [-0.2, -0.15) is 5.10 Å². The van der Waals surface area contributed by atoms with Crippen molar-refractivity contribution < 1.29 is 17.2 Å². The van der Waals surface area contributed by atoms with Crippen molar-refractivity contribution in [1.29, 1.82) is 0 Å². The summed E-state index contributed by atoms with van der Waals surface area (Å²) < 4.78 is 56.1. The average Bonchev–Trinajstić information content (AvgIpc) is 3.59. The van der Waals surface area contributed by atoms with E-state index >= 15 is 4.39 Å². The Morgan fingerprint density at radius 3 is 2.57 bits per heavy atom. The highest BCUT2D eigenvalue weighted by Gasteiger charge is 2.21. The lowest BCUT2D eigenvalue weighted by atomic mass is 10.0. The van der Waals surface area contributed by atoms with E-state index in [0.717, 1.165) is 18.4 Å². The molecule has 6 rings (SSSR count). The normalized spacial score (nSPS) is 12.0. The summed E-state index contributed by atoms with van der Waals surface area (Å²) in [5.74, 6) is -0.717. The van der Waals surface area contributed by atoms with Gasteiger partial charge in [-0.25, -0.2) is 26.9 Å². The maximum absolute atomic E-state index is 16.1. The van der Waals surface area contributed by atoms with Gasteiger partial charge in [0, 0.05) is 48.4 Å². The summed E-state index contributed by atoms with van der Waals surface area (Å²) in [6, 6.07) is 11.2. The first kappa shape index (κ1) is 27.6. The number of nitrogens with zero attached hydrogens (tertiary/aromatic N) is 4. The predicted octanol–water partition coefficient (Wildman–Crippen LogP) is 4.67. The van der Waals surface area contributed by atoms with Gasteiger partial charge in [-0.05, 0) is 60.1 Å². The fraction of sp³-hybridized carbons (Fsp3) is 0.172. The molecule has 4 N–H and O–H groups in total. The summed E-state index contributed by atoms with van der Waals surface area (Å²) in [7, 11) is -3.47. The molecule has 4 aromatic heterocycles. The number of fused-ring (bicyclic) bond motifs is 2. The summed E-state index contributed by atoms with van der Waals surface area (Å²) in [6.45, 7) is 3.35. The van der Waals surface area contributed by atoms with Gasteiger partial charge in [0.2, 0.25) is 10.0 Å². The molecule has 0 aliphatic rings. The molecule has 0 aliphatic carbocycles. The van der Waals surface area contributed by atoms with Gasteiger partial charge in [-0.15, -0.1) is 0 Å². The predicted molar refractivity (Wildman–Crippen MR) is 157 cm³/mol. The van der Waals surface area contributed by atoms with Gasteiger partial charge >= 0.3 is 0 Å². The second-order valence-corrected chi connectivity index (χ2v) is 11.7. The molecule has 0 fully saturated rings. The van der Waals surface area contributed by atoms with Gasteiger partial charge in [0.05, 0.1) is 28.4 Å². The van der Waals surface area contributed by atoms with Gasteiger partial charge in [0.1, 0.15) is 22.8 Å². The van der Waals surface area contributed by atoms with E-state index in [1.54, 1.807) is 42.9 Å². The van der Waals surface area contributed by atoms with Crippen LogP contribution in [0.1, 0.15) is 18.1 Å². The molecule has 0 amide bonds. The van der Waals surface area contributed by atoms with E-state index in [-0.39, 0.29) is 17.6 Å². The van der Waals surface area contributed by atoms with Crippen LogP contribution in [0, 0.1) is 11.6 Å². The first-order valence-corrected chi connectivity index (χ1v) is 15.0. The van der Waals surface area contributed by atoms with Crippen molar-refractivity contribution >= 4 is 32.0 Å². The lowest BCUT2D eigenvalue weighted by Crippen LogP contribution is -2.21. The van der Waals surface area contributed by atoms with E-state index in [2.05, 4.69) is 35.2 Å². The number of nitrogens with one attached hydrogen (secondary N) is 4. The minimum Gasteiger partial charge on any atom is -0.336 e. The summed E-state index contributed by atoms with van der Waals surface area (Å²) in [6.07, 6.45) is 5.95. The highest BCUT2D eigenvalue weighted by atomic mass is 32.2. The number of rotatable bonds is 9. The molecule has 0 saturated heterocycles. The second-order valence-electron chi connectivity index (χ2n) is 9.87. The molecule has 42 heavy (non-hydrogen) atoms. The topological polar surface area (TPSA) is 141 Å². The standard InChI is InChI=1S/C29H26F2N8O2S/c1-3-32-12-17-9-19(15-33-13-17)21-4-5-22-24(25(21)31)28(39-38-22)29-36-23-6-7-34-26(27(23)37-29)18-8-16(10-20(30)11-18)14-35-42(2,40)41/h4-11,13,15,32,35H,3,12,14H2,1-2H3,(H,36,37)(H,38,39). The van der Waals surface area contributed by atoms with Crippen LogP contribution in [0.15, 0.2) is 61.1 Å². The van der Waals surface area contributed by atoms with Crippen LogP contribution >= 0.6 is 0 Å². The maximum atomic E-state index is 16.1. The van der Waals surface area contributed by atoms with Crippen molar-refractivity contribution in [2.75, 3.05) is 12.8 Å². The molecule has 4 heterocycles. The Bertz CT molecular complexity index is 2060. The van der Waals surface area contributed by atoms with Crippen molar-refractivity contribution in [3.8, 4) is 33.9 Å². The molecule has 13 heteroatoms. The molecule has 0 unspecified atom stereocenters. The largest absolute Gasteiger partial charge is 0.336 e. The Morgan fingerprint density at radius 2 is 1.76 bits per heavy atom. The Morgan fingerprint density at radius 1 is 0.929 bits per heavy atom. The summed E-state index contributed by atoms with van der Waals surface area (Å²) >= 11 is 0. The minimum atomic E-state index is -3.47. The fourth-order valence-electron chi connectivity index (χ4n) is 4.83. The molecule has 0 aliphatic heterocycles. The van der Waals surface area contributed by atoms with Gasteiger partial charge < -0.3 is 10.3 Å². The second kappa shape index (κ2) is 11.0. The number of pyridine rings is 2. The molecule has 0 atom stereocenters. The number of aromatic amines is 2. The molecule has 0 spiro atoms.